The van der Waals surface area contributed by atoms with Crippen molar-refractivity contribution >= 4 is 43.7 Å². The van der Waals surface area contributed by atoms with Crippen molar-refractivity contribution in [2.75, 3.05) is 5.32 Å². The molecular formula is C14H12ClNO4S2. The van der Waals surface area contributed by atoms with Crippen molar-refractivity contribution in [1.82, 2.24) is 0 Å². The SMILES string of the molecule is O=C(Nc1ccc(S(=O)(=O)c2ccc(Cl)cc2)s1)C1(O)CC1. The highest BCUT2D eigenvalue weighted by molar-refractivity contribution is 7.93. The normalized spacial score (nSPS) is 16.3. The Bertz CT molecular complexity index is 823. The molecule has 1 saturated carbocycles. The molecule has 1 amide bonds. The van der Waals surface area contributed by atoms with Gasteiger partial charge in [-0.3, -0.25) is 4.79 Å². The average Bonchev–Trinajstić information content (AvgIpc) is 3.05. The minimum absolute atomic E-state index is 0.118. The second kappa shape index (κ2) is 5.34. The molecule has 1 fully saturated rings. The summed E-state index contributed by atoms with van der Waals surface area (Å²) in [6.45, 7) is 0. The number of halogens is 1. The number of amides is 1. The summed E-state index contributed by atoms with van der Waals surface area (Å²) < 4.78 is 25.0. The van der Waals surface area contributed by atoms with Gasteiger partial charge in [0.15, 0.2) is 0 Å². The van der Waals surface area contributed by atoms with Gasteiger partial charge in [-0.05, 0) is 49.2 Å². The zero-order valence-electron chi connectivity index (χ0n) is 11.2. The molecule has 22 heavy (non-hydrogen) atoms. The second-order valence-corrected chi connectivity index (χ2v) is 8.76. The summed E-state index contributed by atoms with van der Waals surface area (Å²) in [6, 6.07) is 8.82. The van der Waals surface area contributed by atoms with Crippen LogP contribution in [0.3, 0.4) is 0 Å². The van der Waals surface area contributed by atoms with Crippen LogP contribution in [-0.4, -0.2) is 25.0 Å². The molecule has 0 bridgehead atoms. The molecule has 1 aliphatic rings. The summed E-state index contributed by atoms with van der Waals surface area (Å²) in [6.07, 6.45) is 0.861. The molecule has 2 aromatic rings. The molecule has 1 aliphatic carbocycles. The molecule has 3 rings (SSSR count). The van der Waals surface area contributed by atoms with Crippen LogP contribution in [-0.2, 0) is 14.6 Å². The monoisotopic (exact) mass is 357 g/mol. The molecule has 0 saturated heterocycles. The first-order valence-corrected chi connectivity index (χ1v) is 9.13. The van der Waals surface area contributed by atoms with Crippen LogP contribution in [0.5, 0.6) is 0 Å². The van der Waals surface area contributed by atoms with Gasteiger partial charge in [0.1, 0.15) is 9.81 Å². The van der Waals surface area contributed by atoms with Crippen molar-refractivity contribution in [2.24, 2.45) is 0 Å². The Balaban J connectivity index is 1.83. The Hall–Kier alpha value is -1.41. The van der Waals surface area contributed by atoms with Crippen LogP contribution in [0.2, 0.25) is 5.02 Å². The van der Waals surface area contributed by atoms with Gasteiger partial charge in [0.2, 0.25) is 9.84 Å². The zero-order valence-corrected chi connectivity index (χ0v) is 13.6. The van der Waals surface area contributed by atoms with Crippen LogP contribution in [0, 0.1) is 0 Å². The van der Waals surface area contributed by atoms with Gasteiger partial charge < -0.3 is 10.4 Å². The van der Waals surface area contributed by atoms with Crippen molar-refractivity contribution in [1.29, 1.82) is 0 Å². The van der Waals surface area contributed by atoms with Crippen LogP contribution < -0.4 is 5.32 Å². The van der Waals surface area contributed by atoms with Gasteiger partial charge in [-0.25, -0.2) is 8.42 Å². The fraction of sp³-hybridized carbons (Fsp3) is 0.214. The zero-order chi connectivity index (χ0) is 16.0. The highest BCUT2D eigenvalue weighted by atomic mass is 35.5. The molecule has 8 heteroatoms. The van der Waals surface area contributed by atoms with Gasteiger partial charge in [-0.15, -0.1) is 11.3 Å². The molecular weight excluding hydrogens is 346 g/mol. The first-order valence-electron chi connectivity index (χ1n) is 6.46. The van der Waals surface area contributed by atoms with E-state index in [1.807, 2.05) is 0 Å². The van der Waals surface area contributed by atoms with Crippen molar-refractivity contribution < 1.29 is 18.3 Å². The number of rotatable bonds is 4. The number of hydrogen-bond acceptors (Lipinski definition) is 5. The van der Waals surface area contributed by atoms with E-state index in [1.54, 1.807) is 0 Å². The lowest BCUT2D eigenvalue weighted by Crippen LogP contribution is -2.28. The smallest absolute Gasteiger partial charge is 0.256 e. The molecule has 1 aromatic heterocycles. The number of carbonyl (C=O) groups excluding carboxylic acids is 1. The van der Waals surface area contributed by atoms with Crippen molar-refractivity contribution in [3.63, 3.8) is 0 Å². The van der Waals surface area contributed by atoms with Crippen LogP contribution in [0.1, 0.15) is 12.8 Å². The van der Waals surface area contributed by atoms with Crippen LogP contribution >= 0.6 is 22.9 Å². The van der Waals surface area contributed by atoms with E-state index in [1.165, 1.54) is 36.4 Å². The number of benzene rings is 1. The predicted molar refractivity (Wildman–Crippen MR) is 84.0 cm³/mol. The molecule has 2 N–H and O–H groups in total. The van der Waals surface area contributed by atoms with E-state index in [-0.39, 0.29) is 9.10 Å². The number of aliphatic hydroxyl groups is 1. The Morgan fingerprint density at radius 1 is 1.18 bits per heavy atom. The van der Waals surface area contributed by atoms with E-state index in [4.69, 9.17) is 11.6 Å². The van der Waals surface area contributed by atoms with E-state index in [0.29, 0.717) is 22.9 Å². The number of hydrogen-bond donors (Lipinski definition) is 2. The first kappa shape index (κ1) is 15.5. The summed E-state index contributed by atoms with van der Waals surface area (Å²) in [5, 5.41) is 13.1. The Kier molecular flexibility index (Phi) is 3.76. The van der Waals surface area contributed by atoms with E-state index in [2.05, 4.69) is 5.32 Å². The summed E-state index contributed by atoms with van der Waals surface area (Å²) in [7, 11) is -3.64. The van der Waals surface area contributed by atoms with E-state index in [0.717, 1.165) is 11.3 Å². The standard InChI is InChI=1S/C14H12ClNO4S2/c15-9-1-3-10(4-2-9)22(19,20)12-6-5-11(21-12)16-13(17)14(18)7-8-14/h1-6,18H,7-8H2,(H,16,17). The summed E-state index contributed by atoms with van der Waals surface area (Å²) in [4.78, 5) is 11.9. The first-order chi connectivity index (χ1) is 10.3. The Morgan fingerprint density at radius 3 is 2.41 bits per heavy atom. The van der Waals surface area contributed by atoms with Gasteiger partial charge in [-0.1, -0.05) is 11.6 Å². The maximum Gasteiger partial charge on any atom is 0.256 e. The van der Waals surface area contributed by atoms with Gasteiger partial charge >= 0.3 is 0 Å². The maximum atomic E-state index is 12.5. The number of thiophene rings is 1. The molecule has 0 unspecified atom stereocenters. The Morgan fingerprint density at radius 2 is 1.82 bits per heavy atom. The van der Waals surface area contributed by atoms with Crippen molar-refractivity contribution in [2.45, 2.75) is 27.5 Å². The number of sulfone groups is 1. The lowest BCUT2D eigenvalue weighted by molar-refractivity contribution is -0.125. The molecule has 1 heterocycles. The van der Waals surface area contributed by atoms with E-state index < -0.39 is 21.3 Å². The quantitative estimate of drug-likeness (QED) is 0.881. The van der Waals surface area contributed by atoms with Crippen LogP contribution in [0.15, 0.2) is 45.5 Å². The largest absolute Gasteiger partial charge is 0.380 e. The minimum Gasteiger partial charge on any atom is -0.380 e. The molecule has 5 nitrogen and oxygen atoms in total. The molecule has 0 aliphatic heterocycles. The maximum absolute atomic E-state index is 12.5. The van der Waals surface area contributed by atoms with E-state index >= 15 is 0 Å². The van der Waals surface area contributed by atoms with Gasteiger partial charge in [0.05, 0.1) is 9.90 Å². The molecule has 116 valence electrons. The molecule has 0 spiro atoms. The summed E-state index contributed by atoms with van der Waals surface area (Å²) >= 11 is 6.70. The number of nitrogens with one attached hydrogen (secondary N) is 1. The number of anilines is 1. The van der Waals surface area contributed by atoms with Crippen molar-refractivity contribution in [3.8, 4) is 0 Å². The summed E-state index contributed by atoms with van der Waals surface area (Å²) in [5.74, 6) is -0.496. The third-order valence-corrected chi connectivity index (χ3v) is 6.87. The highest BCUT2D eigenvalue weighted by Gasteiger charge is 2.48. The molecule has 0 atom stereocenters. The minimum atomic E-state index is -3.64. The summed E-state index contributed by atoms with van der Waals surface area (Å²) in [5.41, 5.74) is -1.29. The fourth-order valence-corrected chi connectivity index (χ4v) is 4.56. The van der Waals surface area contributed by atoms with Gasteiger partial charge in [0, 0.05) is 5.02 Å². The van der Waals surface area contributed by atoms with Crippen LogP contribution in [0.25, 0.3) is 0 Å². The van der Waals surface area contributed by atoms with Gasteiger partial charge in [0.25, 0.3) is 5.91 Å². The second-order valence-electron chi connectivity index (χ2n) is 5.06. The van der Waals surface area contributed by atoms with E-state index in [9.17, 15) is 18.3 Å². The third kappa shape index (κ3) is 2.89. The predicted octanol–water partition coefficient (Wildman–Crippen LogP) is 2.70. The number of carbonyl (C=O) groups is 1. The van der Waals surface area contributed by atoms with Crippen LogP contribution in [0.4, 0.5) is 5.00 Å². The topological polar surface area (TPSA) is 83.5 Å². The fourth-order valence-electron chi connectivity index (χ4n) is 1.84. The molecule has 0 radical (unpaired) electrons. The highest BCUT2D eigenvalue weighted by Crippen LogP contribution is 2.37. The lowest BCUT2D eigenvalue weighted by atomic mass is 10.3. The average molecular weight is 358 g/mol. The Labute approximate surface area is 136 Å². The lowest BCUT2D eigenvalue weighted by Gasteiger charge is -2.06. The molecule has 1 aromatic carbocycles. The van der Waals surface area contributed by atoms with Crippen molar-refractivity contribution in [3.05, 3.63) is 41.4 Å². The van der Waals surface area contributed by atoms with Gasteiger partial charge in [-0.2, -0.15) is 0 Å². The third-order valence-electron chi connectivity index (χ3n) is 3.35.